The second kappa shape index (κ2) is 6.68. The lowest BCUT2D eigenvalue weighted by molar-refractivity contribution is 1.33. The Morgan fingerprint density at radius 3 is 1.18 bits per heavy atom. The van der Waals surface area contributed by atoms with Crippen molar-refractivity contribution in [1.29, 1.82) is 0 Å². The van der Waals surface area contributed by atoms with Crippen LogP contribution in [-0.2, 0) is 0 Å². The summed E-state index contributed by atoms with van der Waals surface area (Å²) >= 11 is 0. The summed E-state index contributed by atoms with van der Waals surface area (Å²) in [6, 6.07) is 0. The molecule has 0 amide bonds. The van der Waals surface area contributed by atoms with Gasteiger partial charge in [0.05, 0.1) is 11.1 Å². The van der Waals surface area contributed by atoms with Gasteiger partial charge in [-0.15, -0.1) is 11.1 Å². The highest BCUT2D eigenvalue weighted by molar-refractivity contribution is 6.84. The van der Waals surface area contributed by atoms with Crippen molar-refractivity contribution in [2.75, 3.05) is 0 Å². The van der Waals surface area contributed by atoms with Crippen LogP contribution in [0.5, 0.6) is 0 Å². The van der Waals surface area contributed by atoms with E-state index in [0.29, 0.717) is 0 Å². The molecule has 0 N–H and O–H groups in total. The van der Waals surface area contributed by atoms with Gasteiger partial charge in [0, 0.05) is 0 Å². The highest BCUT2D eigenvalue weighted by Gasteiger charge is 2.17. The van der Waals surface area contributed by atoms with Crippen molar-refractivity contribution in [3.8, 4) is 46.6 Å². The van der Waals surface area contributed by atoms with Crippen molar-refractivity contribution < 1.29 is 0 Å². The highest BCUT2D eigenvalue weighted by Crippen LogP contribution is 1.98. The van der Waals surface area contributed by atoms with Gasteiger partial charge >= 0.3 is 0 Å². The van der Waals surface area contributed by atoms with E-state index in [1.165, 1.54) is 0 Å². The minimum atomic E-state index is -1.49. The largest absolute Gasteiger partial charge is 0.284 e. The third kappa shape index (κ3) is 5.63. The molecule has 0 aliphatic heterocycles. The van der Waals surface area contributed by atoms with E-state index < -0.39 is 27.0 Å². The zero-order chi connectivity index (χ0) is 17.0. The van der Waals surface area contributed by atoms with Gasteiger partial charge in [-0.05, 0) is 35.5 Å². The SMILES string of the molecule is C[Si](C)(C)C#CC#Cc1c(C#CC#C[Si](C)(C)C)c(=O)c1=O. The van der Waals surface area contributed by atoms with E-state index in [2.05, 4.69) is 85.9 Å². The standard InChI is InChI=1S/C18H18O2Si2/c1-21(2,3)13-9-7-11-15-16(18(20)17(15)19)12-8-10-14-22(4,5)6/h1-6H3. The van der Waals surface area contributed by atoms with Crippen molar-refractivity contribution in [2.45, 2.75) is 39.3 Å². The van der Waals surface area contributed by atoms with Crippen LogP contribution in [0.25, 0.3) is 0 Å². The molecule has 0 fully saturated rings. The van der Waals surface area contributed by atoms with E-state index in [1.807, 2.05) is 0 Å². The first-order chi connectivity index (χ1) is 10.0. The second-order valence-corrected chi connectivity index (χ2v) is 16.4. The Bertz CT molecular complexity index is 823. The van der Waals surface area contributed by atoms with Crippen LogP contribution >= 0.6 is 0 Å². The van der Waals surface area contributed by atoms with Crippen LogP contribution in [0.1, 0.15) is 11.1 Å². The first-order valence-electron chi connectivity index (χ1n) is 6.91. The lowest BCUT2D eigenvalue weighted by Crippen LogP contribution is -2.37. The van der Waals surface area contributed by atoms with Crippen LogP contribution in [0, 0.1) is 46.6 Å². The Balaban J connectivity index is 3.06. The fourth-order valence-electron chi connectivity index (χ4n) is 1.26. The Hall–Kier alpha value is -2.25. The molecule has 0 aliphatic carbocycles. The lowest BCUT2D eigenvalue weighted by Gasteiger charge is -2.01. The minimum Gasteiger partial charge on any atom is -0.284 e. The molecular formula is C18H18O2Si2. The Labute approximate surface area is 134 Å². The van der Waals surface area contributed by atoms with Gasteiger partial charge in [0.15, 0.2) is 0 Å². The molecule has 0 atom stereocenters. The monoisotopic (exact) mass is 322 g/mol. The zero-order valence-corrected chi connectivity index (χ0v) is 15.8. The van der Waals surface area contributed by atoms with E-state index >= 15 is 0 Å². The minimum absolute atomic E-state index is 0.164. The van der Waals surface area contributed by atoms with Gasteiger partial charge in [-0.25, -0.2) is 0 Å². The maximum absolute atomic E-state index is 11.5. The molecule has 0 bridgehead atoms. The van der Waals surface area contributed by atoms with E-state index in [-0.39, 0.29) is 11.1 Å². The smallest absolute Gasteiger partial charge is 0.244 e. The van der Waals surface area contributed by atoms with Gasteiger partial charge in [-0.1, -0.05) is 39.3 Å². The molecule has 4 heteroatoms. The maximum Gasteiger partial charge on any atom is 0.244 e. The topological polar surface area (TPSA) is 34.1 Å². The maximum atomic E-state index is 11.5. The molecule has 22 heavy (non-hydrogen) atoms. The predicted octanol–water partition coefficient (Wildman–Crippen LogP) is 1.75. The van der Waals surface area contributed by atoms with E-state index in [1.54, 1.807) is 0 Å². The second-order valence-electron chi connectivity index (χ2n) is 6.91. The zero-order valence-electron chi connectivity index (χ0n) is 13.8. The number of hydrogen-bond acceptors (Lipinski definition) is 2. The van der Waals surface area contributed by atoms with E-state index in [0.717, 1.165) is 0 Å². The average Bonchev–Trinajstić information content (AvgIpc) is 2.37. The predicted molar refractivity (Wildman–Crippen MR) is 97.4 cm³/mol. The first-order valence-corrected chi connectivity index (χ1v) is 13.9. The Morgan fingerprint density at radius 1 is 0.591 bits per heavy atom. The molecule has 0 radical (unpaired) electrons. The summed E-state index contributed by atoms with van der Waals surface area (Å²) in [6.45, 7) is 12.6. The van der Waals surface area contributed by atoms with Gasteiger partial charge in [0.1, 0.15) is 16.1 Å². The first kappa shape index (κ1) is 17.8. The quantitative estimate of drug-likeness (QED) is 0.414. The molecular weight excluding hydrogens is 304 g/mol. The molecule has 0 spiro atoms. The summed E-state index contributed by atoms with van der Waals surface area (Å²) in [5.41, 5.74) is 5.33. The highest BCUT2D eigenvalue weighted by atomic mass is 28.3. The van der Waals surface area contributed by atoms with Gasteiger partial charge in [-0.2, -0.15) is 0 Å². The lowest BCUT2D eigenvalue weighted by atomic mass is 10.0. The number of rotatable bonds is 0. The van der Waals surface area contributed by atoms with Crippen LogP contribution in [0.4, 0.5) is 0 Å². The van der Waals surface area contributed by atoms with Gasteiger partial charge in [-0.3, -0.25) is 9.59 Å². The Kier molecular flexibility index (Phi) is 5.40. The molecule has 1 aromatic rings. The van der Waals surface area contributed by atoms with Crippen LogP contribution in [-0.4, -0.2) is 16.1 Å². The molecule has 1 rings (SSSR count). The summed E-state index contributed by atoms with van der Waals surface area (Å²) in [6.07, 6.45) is 0. The summed E-state index contributed by atoms with van der Waals surface area (Å²) in [5, 5.41) is 0. The molecule has 0 unspecified atom stereocenters. The van der Waals surface area contributed by atoms with E-state index in [4.69, 9.17) is 0 Å². The van der Waals surface area contributed by atoms with Crippen molar-refractivity contribution in [2.24, 2.45) is 0 Å². The summed E-state index contributed by atoms with van der Waals surface area (Å²) in [4.78, 5) is 23.0. The van der Waals surface area contributed by atoms with Crippen LogP contribution < -0.4 is 10.9 Å². The summed E-state index contributed by atoms with van der Waals surface area (Å²) < 4.78 is 0. The Morgan fingerprint density at radius 2 is 0.909 bits per heavy atom. The summed E-state index contributed by atoms with van der Waals surface area (Å²) in [7, 11) is -2.97. The molecule has 0 aromatic heterocycles. The third-order valence-electron chi connectivity index (χ3n) is 2.29. The van der Waals surface area contributed by atoms with Crippen LogP contribution in [0.3, 0.4) is 0 Å². The van der Waals surface area contributed by atoms with Crippen LogP contribution in [0.2, 0.25) is 39.3 Å². The molecule has 1 aromatic carbocycles. The third-order valence-corrected chi connectivity index (χ3v) is 4.04. The molecule has 2 nitrogen and oxygen atoms in total. The molecule has 0 aliphatic rings. The fraction of sp³-hybridized carbons (Fsp3) is 0.333. The van der Waals surface area contributed by atoms with Crippen molar-refractivity contribution in [3.05, 3.63) is 31.6 Å². The fourth-order valence-corrected chi connectivity index (χ4v) is 2.13. The van der Waals surface area contributed by atoms with E-state index in [9.17, 15) is 9.59 Å². The van der Waals surface area contributed by atoms with Crippen LogP contribution in [0.15, 0.2) is 9.59 Å². The van der Waals surface area contributed by atoms with Gasteiger partial charge < -0.3 is 0 Å². The van der Waals surface area contributed by atoms with Gasteiger partial charge in [0.2, 0.25) is 10.9 Å². The molecule has 0 saturated carbocycles. The van der Waals surface area contributed by atoms with Crippen molar-refractivity contribution in [3.63, 3.8) is 0 Å². The average molecular weight is 323 g/mol. The van der Waals surface area contributed by atoms with Crippen molar-refractivity contribution >= 4 is 16.1 Å². The number of hydrogen-bond donors (Lipinski definition) is 0. The van der Waals surface area contributed by atoms with Crippen molar-refractivity contribution in [1.82, 2.24) is 0 Å². The molecule has 110 valence electrons. The van der Waals surface area contributed by atoms with Gasteiger partial charge in [0.25, 0.3) is 0 Å². The molecule has 0 heterocycles. The molecule has 0 saturated heterocycles. The summed E-state index contributed by atoms with van der Waals surface area (Å²) in [5.74, 6) is 16.1. The normalized spacial score (nSPS) is 10.1.